The molecule has 0 bridgehead atoms. The number of thioether (sulfide) groups is 1. The van der Waals surface area contributed by atoms with Crippen molar-refractivity contribution in [2.75, 3.05) is 24.6 Å². The van der Waals surface area contributed by atoms with E-state index in [4.69, 9.17) is 5.73 Å². The summed E-state index contributed by atoms with van der Waals surface area (Å²) >= 11 is 1.59. The van der Waals surface area contributed by atoms with E-state index >= 15 is 0 Å². The highest BCUT2D eigenvalue weighted by Crippen LogP contribution is 2.06. The third-order valence-corrected chi connectivity index (χ3v) is 3.25. The summed E-state index contributed by atoms with van der Waals surface area (Å²) in [5.41, 5.74) is 5.77. The van der Waals surface area contributed by atoms with Gasteiger partial charge in [0, 0.05) is 24.9 Å². The predicted molar refractivity (Wildman–Crippen MR) is 72.6 cm³/mol. The van der Waals surface area contributed by atoms with Gasteiger partial charge in [0.1, 0.15) is 0 Å². The first kappa shape index (κ1) is 15.3. The molecule has 16 heavy (non-hydrogen) atoms. The molecule has 0 spiro atoms. The van der Waals surface area contributed by atoms with Crippen LogP contribution < -0.4 is 5.73 Å². The number of hydrogen-bond acceptors (Lipinski definition) is 3. The Hall–Kier alpha value is -0.740. The summed E-state index contributed by atoms with van der Waals surface area (Å²) in [6, 6.07) is 0.185. The van der Waals surface area contributed by atoms with Crippen LogP contribution in [-0.4, -0.2) is 41.4 Å². The summed E-state index contributed by atoms with van der Waals surface area (Å²) in [7, 11) is 0. The Bertz CT molecular complexity index is 221. The van der Waals surface area contributed by atoms with Crippen LogP contribution in [0.5, 0.6) is 0 Å². The molecule has 1 amide bonds. The smallest absolute Gasteiger partial charge is 0.233 e. The SMILES string of the molecule is C=CCN(CC=C)C(=O)CSCC(N)CC. The molecule has 0 saturated heterocycles. The highest BCUT2D eigenvalue weighted by Gasteiger charge is 2.10. The van der Waals surface area contributed by atoms with Crippen molar-refractivity contribution in [3.05, 3.63) is 25.3 Å². The van der Waals surface area contributed by atoms with E-state index in [1.165, 1.54) is 0 Å². The Morgan fingerprint density at radius 2 is 2.00 bits per heavy atom. The quantitative estimate of drug-likeness (QED) is 0.625. The van der Waals surface area contributed by atoms with Crippen LogP contribution in [0, 0.1) is 0 Å². The van der Waals surface area contributed by atoms with Crippen molar-refractivity contribution in [1.29, 1.82) is 0 Å². The third-order valence-electron chi connectivity index (χ3n) is 2.13. The van der Waals surface area contributed by atoms with Gasteiger partial charge >= 0.3 is 0 Å². The van der Waals surface area contributed by atoms with Gasteiger partial charge in [0.15, 0.2) is 0 Å². The van der Waals surface area contributed by atoms with Crippen molar-refractivity contribution in [2.24, 2.45) is 5.73 Å². The van der Waals surface area contributed by atoms with Crippen molar-refractivity contribution in [2.45, 2.75) is 19.4 Å². The molecule has 0 aromatic heterocycles. The molecular formula is C12H22N2OS. The highest BCUT2D eigenvalue weighted by molar-refractivity contribution is 7.99. The highest BCUT2D eigenvalue weighted by atomic mass is 32.2. The lowest BCUT2D eigenvalue weighted by molar-refractivity contribution is -0.127. The van der Waals surface area contributed by atoms with Gasteiger partial charge in [-0.2, -0.15) is 11.8 Å². The van der Waals surface area contributed by atoms with E-state index in [9.17, 15) is 4.79 Å². The van der Waals surface area contributed by atoms with E-state index in [-0.39, 0.29) is 11.9 Å². The summed E-state index contributed by atoms with van der Waals surface area (Å²) in [6.07, 6.45) is 4.40. The molecule has 0 aromatic carbocycles. The number of amides is 1. The predicted octanol–water partition coefficient (Wildman–Crippen LogP) is 1.66. The molecule has 0 radical (unpaired) electrons. The molecule has 4 heteroatoms. The van der Waals surface area contributed by atoms with Gasteiger partial charge in [-0.05, 0) is 6.42 Å². The zero-order valence-corrected chi connectivity index (χ0v) is 10.8. The number of hydrogen-bond donors (Lipinski definition) is 1. The molecule has 0 rings (SSSR count). The topological polar surface area (TPSA) is 46.3 Å². The van der Waals surface area contributed by atoms with Gasteiger partial charge < -0.3 is 10.6 Å². The van der Waals surface area contributed by atoms with E-state index in [0.29, 0.717) is 18.8 Å². The fourth-order valence-corrected chi connectivity index (χ4v) is 2.11. The molecule has 2 N–H and O–H groups in total. The summed E-state index contributed by atoms with van der Waals surface area (Å²) < 4.78 is 0. The first-order valence-corrected chi connectivity index (χ1v) is 6.64. The summed E-state index contributed by atoms with van der Waals surface area (Å²) in [6.45, 7) is 10.5. The fourth-order valence-electron chi connectivity index (χ4n) is 1.10. The van der Waals surface area contributed by atoms with Crippen molar-refractivity contribution < 1.29 is 4.79 Å². The molecule has 0 fully saturated rings. The van der Waals surface area contributed by atoms with Crippen molar-refractivity contribution in [3.8, 4) is 0 Å². The molecule has 92 valence electrons. The van der Waals surface area contributed by atoms with Gasteiger partial charge in [0.25, 0.3) is 0 Å². The van der Waals surface area contributed by atoms with E-state index in [1.54, 1.807) is 28.8 Å². The number of nitrogens with two attached hydrogens (primary N) is 1. The monoisotopic (exact) mass is 242 g/mol. The first-order chi connectivity index (χ1) is 7.65. The standard InChI is InChI=1S/C12H22N2OS/c1-4-7-14(8-5-2)12(15)10-16-9-11(13)6-3/h4-5,11H,1-2,6-10,13H2,3H3. The van der Waals surface area contributed by atoms with Gasteiger partial charge in [-0.1, -0.05) is 19.1 Å². The van der Waals surface area contributed by atoms with Crippen LogP contribution in [-0.2, 0) is 4.79 Å². The maximum atomic E-state index is 11.8. The van der Waals surface area contributed by atoms with E-state index in [0.717, 1.165) is 12.2 Å². The maximum absolute atomic E-state index is 11.8. The molecule has 0 aromatic rings. The third kappa shape index (κ3) is 6.69. The second-order valence-electron chi connectivity index (χ2n) is 3.56. The van der Waals surface area contributed by atoms with Gasteiger partial charge in [-0.3, -0.25) is 4.79 Å². The fraction of sp³-hybridized carbons (Fsp3) is 0.583. The number of nitrogens with zero attached hydrogens (tertiary/aromatic N) is 1. The Morgan fingerprint density at radius 1 is 1.44 bits per heavy atom. The summed E-state index contributed by atoms with van der Waals surface area (Å²) in [4.78, 5) is 13.5. The van der Waals surface area contributed by atoms with E-state index < -0.39 is 0 Å². The van der Waals surface area contributed by atoms with E-state index in [2.05, 4.69) is 20.1 Å². The van der Waals surface area contributed by atoms with Gasteiger partial charge in [0.05, 0.1) is 5.75 Å². The largest absolute Gasteiger partial charge is 0.335 e. The van der Waals surface area contributed by atoms with Gasteiger partial charge in [-0.25, -0.2) is 0 Å². The molecule has 0 heterocycles. The number of rotatable bonds is 9. The first-order valence-electron chi connectivity index (χ1n) is 5.48. The lowest BCUT2D eigenvalue weighted by Gasteiger charge is -2.19. The number of carbonyl (C=O) groups excluding carboxylic acids is 1. The molecule has 3 nitrogen and oxygen atoms in total. The minimum absolute atomic E-state index is 0.119. The van der Waals surface area contributed by atoms with Gasteiger partial charge in [0.2, 0.25) is 5.91 Å². The summed E-state index contributed by atoms with van der Waals surface area (Å²) in [5, 5.41) is 0. The van der Waals surface area contributed by atoms with E-state index in [1.807, 2.05) is 0 Å². The average molecular weight is 242 g/mol. The zero-order chi connectivity index (χ0) is 12.4. The molecule has 0 aliphatic carbocycles. The van der Waals surface area contributed by atoms with Crippen LogP contribution in [0.25, 0.3) is 0 Å². The Kier molecular flexibility index (Phi) is 9.04. The van der Waals surface area contributed by atoms with Crippen LogP contribution >= 0.6 is 11.8 Å². The minimum atomic E-state index is 0.119. The Balaban J connectivity index is 3.90. The van der Waals surface area contributed by atoms with Crippen molar-refractivity contribution in [1.82, 2.24) is 4.90 Å². The lowest BCUT2D eigenvalue weighted by atomic mass is 10.3. The minimum Gasteiger partial charge on any atom is -0.335 e. The molecule has 0 aliphatic rings. The second kappa shape index (κ2) is 9.48. The Morgan fingerprint density at radius 3 is 2.44 bits per heavy atom. The average Bonchev–Trinajstić information content (AvgIpc) is 2.28. The van der Waals surface area contributed by atoms with Crippen LogP contribution in [0.3, 0.4) is 0 Å². The number of carbonyl (C=O) groups is 1. The molecular weight excluding hydrogens is 220 g/mol. The Labute approximate surface area is 103 Å². The second-order valence-corrected chi connectivity index (χ2v) is 4.59. The lowest BCUT2D eigenvalue weighted by Crippen LogP contribution is -2.33. The molecule has 0 saturated carbocycles. The normalized spacial score (nSPS) is 11.9. The molecule has 1 unspecified atom stereocenters. The maximum Gasteiger partial charge on any atom is 0.233 e. The van der Waals surface area contributed by atoms with Crippen LogP contribution in [0.15, 0.2) is 25.3 Å². The molecule has 1 atom stereocenters. The van der Waals surface area contributed by atoms with Crippen LogP contribution in [0.1, 0.15) is 13.3 Å². The van der Waals surface area contributed by atoms with Crippen LogP contribution in [0.4, 0.5) is 0 Å². The van der Waals surface area contributed by atoms with Gasteiger partial charge in [-0.15, -0.1) is 13.2 Å². The zero-order valence-electron chi connectivity index (χ0n) is 10.0. The van der Waals surface area contributed by atoms with Crippen molar-refractivity contribution >= 4 is 17.7 Å². The molecule has 0 aliphatic heterocycles. The summed E-state index contributed by atoms with van der Waals surface area (Å²) in [5.74, 6) is 1.43. The van der Waals surface area contributed by atoms with Crippen molar-refractivity contribution in [3.63, 3.8) is 0 Å². The van der Waals surface area contributed by atoms with Crippen LogP contribution in [0.2, 0.25) is 0 Å².